The number of carbonyl (C=O) groups is 2. The van der Waals surface area contributed by atoms with Gasteiger partial charge in [-0.25, -0.2) is 0 Å². The van der Waals surface area contributed by atoms with Gasteiger partial charge < -0.3 is 24.2 Å². The van der Waals surface area contributed by atoms with E-state index in [2.05, 4.69) is 4.98 Å². The van der Waals surface area contributed by atoms with E-state index in [1.54, 1.807) is 31.6 Å². The van der Waals surface area contributed by atoms with Crippen molar-refractivity contribution in [1.29, 1.82) is 0 Å². The molecule has 1 N–H and O–H groups in total. The van der Waals surface area contributed by atoms with Crippen molar-refractivity contribution in [2.75, 3.05) is 34.5 Å². The van der Waals surface area contributed by atoms with Crippen LogP contribution in [0.15, 0.2) is 36.2 Å². The first-order valence-corrected chi connectivity index (χ1v) is 10.4. The molecular weight excluding hydrogens is 459 g/mol. The second-order valence-corrected chi connectivity index (χ2v) is 7.69. The number of aliphatic hydroxyl groups excluding tert-OH is 1. The molecule has 1 saturated heterocycles. The SMILES string of the molecule is COCCCN1C(=O)C(=O)/C(=C(/O)c2cc(Cl)c(OC)c(Cl)c2OC)C1c1ccncc1. The van der Waals surface area contributed by atoms with Gasteiger partial charge >= 0.3 is 0 Å². The average molecular weight is 481 g/mol. The molecule has 1 aliphatic heterocycles. The second-order valence-electron chi connectivity index (χ2n) is 6.91. The molecule has 2 aromatic rings. The summed E-state index contributed by atoms with van der Waals surface area (Å²) in [4.78, 5) is 31.3. The van der Waals surface area contributed by atoms with Gasteiger partial charge in [0.2, 0.25) is 0 Å². The molecule has 170 valence electrons. The van der Waals surface area contributed by atoms with Gasteiger partial charge in [0, 0.05) is 32.7 Å². The highest BCUT2D eigenvalue weighted by atomic mass is 35.5. The Morgan fingerprint density at radius 2 is 1.78 bits per heavy atom. The number of ether oxygens (including phenoxy) is 3. The summed E-state index contributed by atoms with van der Waals surface area (Å²) >= 11 is 12.6. The van der Waals surface area contributed by atoms with E-state index in [-0.39, 0.29) is 39.2 Å². The number of hydrogen-bond donors (Lipinski definition) is 1. The van der Waals surface area contributed by atoms with Crippen LogP contribution in [0.25, 0.3) is 5.76 Å². The monoisotopic (exact) mass is 480 g/mol. The van der Waals surface area contributed by atoms with Gasteiger partial charge in [-0.05, 0) is 30.2 Å². The zero-order valence-corrected chi connectivity index (χ0v) is 19.2. The van der Waals surface area contributed by atoms with Gasteiger partial charge in [0.05, 0.1) is 36.4 Å². The number of methoxy groups -OCH3 is 3. The first-order chi connectivity index (χ1) is 15.4. The lowest BCUT2D eigenvalue weighted by Gasteiger charge is -2.25. The van der Waals surface area contributed by atoms with Crippen LogP contribution in [0, 0.1) is 0 Å². The van der Waals surface area contributed by atoms with E-state index in [4.69, 9.17) is 37.4 Å². The number of halogens is 2. The van der Waals surface area contributed by atoms with Gasteiger partial charge in [0.25, 0.3) is 11.7 Å². The number of aromatic nitrogens is 1. The second kappa shape index (κ2) is 10.2. The van der Waals surface area contributed by atoms with Gasteiger partial charge in [0.15, 0.2) is 11.5 Å². The molecule has 32 heavy (non-hydrogen) atoms. The van der Waals surface area contributed by atoms with E-state index >= 15 is 0 Å². The Bertz CT molecular complexity index is 1060. The number of aliphatic hydroxyl groups is 1. The number of Topliss-reactive ketones (excluding diaryl/α,β-unsaturated/α-hetero) is 1. The van der Waals surface area contributed by atoms with Crippen LogP contribution in [-0.4, -0.2) is 61.2 Å². The third-order valence-electron chi connectivity index (χ3n) is 5.10. The smallest absolute Gasteiger partial charge is 0.295 e. The van der Waals surface area contributed by atoms with E-state index < -0.39 is 23.5 Å². The molecule has 1 aromatic heterocycles. The third-order valence-corrected chi connectivity index (χ3v) is 5.73. The molecule has 1 fully saturated rings. The lowest BCUT2D eigenvalue weighted by molar-refractivity contribution is -0.140. The number of likely N-dealkylation sites (tertiary alicyclic amines) is 1. The minimum Gasteiger partial charge on any atom is -0.507 e. The van der Waals surface area contributed by atoms with Crippen LogP contribution in [-0.2, 0) is 14.3 Å². The van der Waals surface area contributed by atoms with Crippen LogP contribution in [0.1, 0.15) is 23.6 Å². The van der Waals surface area contributed by atoms with Crippen molar-refractivity contribution in [2.45, 2.75) is 12.5 Å². The third kappa shape index (κ3) is 4.26. The Balaban J connectivity index is 2.23. The predicted octanol–water partition coefficient (Wildman–Crippen LogP) is 3.86. The van der Waals surface area contributed by atoms with Gasteiger partial charge in [-0.3, -0.25) is 14.6 Å². The molecule has 1 aromatic carbocycles. The molecular formula is C22H22Cl2N2O6. The highest BCUT2D eigenvalue weighted by molar-refractivity contribution is 6.47. The molecule has 0 saturated carbocycles. The van der Waals surface area contributed by atoms with Crippen molar-refractivity contribution in [1.82, 2.24) is 9.88 Å². The lowest BCUT2D eigenvalue weighted by Crippen LogP contribution is -2.31. The first-order valence-electron chi connectivity index (χ1n) is 9.64. The van der Waals surface area contributed by atoms with Crippen LogP contribution in [0.5, 0.6) is 11.5 Å². The molecule has 3 rings (SSSR count). The fraction of sp³-hybridized carbons (Fsp3) is 0.318. The molecule has 0 spiro atoms. The van der Waals surface area contributed by atoms with Gasteiger partial charge in [-0.15, -0.1) is 0 Å². The van der Waals surface area contributed by atoms with Crippen LogP contribution < -0.4 is 9.47 Å². The standard InChI is InChI=1S/C22H22Cl2N2O6/c1-30-10-4-9-26-17(12-5-7-25-8-6-12)15(19(28)22(26)29)18(27)13-11-14(23)21(32-3)16(24)20(13)31-2/h5-8,11,17,27H,4,9-10H2,1-3H3/b18-15+. The number of carbonyl (C=O) groups excluding carboxylic acids is 2. The zero-order valence-electron chi connectivity index (χ0n) is 17.7. The fourth-order valence-electron chi connectivity index (χ4n) is 3.67. The molecule has 2 heterocycles. The largest absolute Gasteiger partial charge is 0.507 e. The van der Waals surface area contributed by atoms with E-state index in [9.17, 15) is 14.7 Å². The summed E-state index contributed by atoms with van der Waals surface area (Å²) in [5, 5.41) is 11.4. The van der Waals surface area contributed by atoms with Crippen LogP contribution in [0.2, 0.25) is 10.0 Å². The molecule has 0 radical (unpaired) electrons. The molecule has 1 aliphatic rings. The Labute approximate surface area is 195 Å². The lowest BCUT2D eigenvalue weighted by atomic mass is 9.95. The van der Waals surface area contributed by atoms with Crippen molar-refractivity contribution < 1.29 is 28.9 Å². The minimum absolute atomic E-state index is 0.0267. The topological polar surface area (TPSA) is 98.2 Å². The summed E-state index contributed by atoms with van der Waals surface area (Å²) in [6.45, 7) is 0.660. The highest BCUT2D eigenvalue weighted by Crippen LogP contribution is 2.47. The maximum absolute atomic E-state index is 13.1. The van der Waals surface area contributed by atoms with E-state index in [0.29, 0.717) is 18.6 Å². The summed E-state index contributed by atoms with van der Waals surface area (Å²) < 4.78 is 15.6. The van der Waals surface area contributed by atoms with Crippen molar-refractivity contribution >= 4 is 40.7 Å². The van der Waals surface area contributed by atoms with Crippen molar-refractivity contribution in [2.24, 2.45) is 0 Å². The number of nitrogens with zero attached hydrogens (tertiary/aromatic N) is 2. The summed E-state index contributed by atoms with van der Waals surface area (Å²) in [5.41, 5.74) is 0.578. The maximum atomic E-state index is 13.1. The highest BCUT2D eigenvalue weighted by Gasteiger charge is 2.46. The average Bonchev–Trinajstić information content (AvgIpc) is 3.04. The van der Waals surface area contributed by atoms with Crippen molar-refractivity contribution in [3.63, 3.8) is 0 Å². The summed E-state index contributed by atoms with van der Waals surface area (Å²) in [5.74, 6) is -1.79. The Kier molecular flexibility index (Phi) is 7.60. The number of benzene rings is 1. The quantitative estimate of drug-likeness (QED) is 0.265. The van der Waals surface area contributed by atoms with Crippen molar-refractivity contribution in [3.05, 3.63) is 57.3 Å². The van der Waals surface area contributed by atoms with Crippen LogP contribution in [0.4, 0.5) is 0 Å². The first kappa shape index (κ1) is 23.8. The minimum atomic E-state index is -0.834. The van der Waals surface area contributed by atoms with Crippen molar-refractivity contribution in [3.8, 4) is 11.5 Å². The number of ketones is 1. The van der Waals surface area contributed by atoms with Gasteiger partial charge in [-0.1, -0.05) is 23.2 Å². The number of hydrogen-bond acceptors (Lipinski definition) is 7. The molecule has 0 bridgehead atoms. The zero-order chi connectivity index (χ0) is 23.4. The van der Waals surface area contributed by atoms with Gasteiger partial charge in [0.1, 0.15) is 10.8 Å². The Morgan fingerprint density at radius 1 is 1.12 bits per heavy atom. The van der Waals surface area contributed by atoms with Crippen LogP contribution >= 0.6 is 23.2 Å². The fourth-order valence-corrected chi connectivity index (χ4v) is 4.36. The maximum Gasteiger partial charge on any atom is 0.295 e. The van der Waals surface area contributed by atoms with E-state index in [0.717, 1.165) is 0 Å². The van der Waals surface area contributed by atoms with Gasteiger partial charge in [-0.2, -0.15) is 0 Å². The number of rotatable bonds is 8. The Hall–Kier alpha value is -2.81. The molecule has 1 amide bonds. The number of amides is 1. The summed E-state index contributed by atoms with van der Waals surface area (Å²) in [7, 11) is 4.30. The molecule has 10 heteroatoms. The molecule has 0 aliphatic carbocycles. The van der Waals surface area contributed by atoms with E-state index in [1.165, 1.54) is 25.2 Å². The number of pyridine rings is 1. The molecule has 8 nitrogen and oxygen atoms in total. The Morgan fingerprint density at radius 3 is 2.38 bits per heavy atom. The van der Waals surface area contributed by atoms with E-state index in [1.807, 2.05) is 0 Å². The molecule has 1 unspecified atom stereocenters. The molecule has 1 atom stereocenters. The summed E-state index contributed by atoms with van der Waals surface area (Å²) in [6, 6.07) is 3.90. The van der Waals surface area contributed by atoms with Crippen LogP contribution in [0.3, 0.4) is 0 Å². The summed E-state index contributed by atoms with van der Waals surface area (Å²) in [6.07, 6.45) is 3.60. The predicted molar refractivity (Wildman–Crippen MR) is 119 cm³/mol. The normalized spacial score (nSPS) is 17.7.